The summed E-state index contributed by atoms with van der Waals surface area (Å²) in [6, 6.07) is 17.2. The van der Waals surface area contributed by atoms with Gasteiger partial charge in [-0.25, -0.2) is 10.2 Å². The van der Waals surface area contributed by atoms with Gasteiger partial charge in [0.1, 0.15) is 5.75 Å². The maximum Gasteiger partial charge on any atom is 0.573 e. The van der Waals surface area contributed by atoms with Crippen LogP contribution in [0, 0.1) is 0 Å². The highest BCUT2D eigenvalue weighted by Gasteiger charge is 2.30. The molecule has 0 spiro atoms. The number of nitrogens with one attached hydrogen (secondary N) is 2. The van der Waals surface area contributed by atoms with E-state index in [9.17, 15) is 18.0 Å². The molecule has 0 saturated heterocycles. The summed E-state index contributed by atoms with van der Waals surface area (Å²) in [5.74, 6) is -0.379. The monoisotopic (exact) mass is 414 g/mol. The van der Waals surface area contributed by atoms with E-state index in [0.29, 0.717) is 12.1 Å². The summed E-state index contributed by atoms with van der Waals surface area (Å²) in [6.07, 6.45) is -0.964. The first-order valence-corrected chi connectivity index (χ1v) is 8.83. The number of amides is 2. The van der Waals surface area contributed by atoms with E-state index in [2.05, 4.69) is 25.6 Å². The molecule has 2 N–H and O–H groups in total. The van der Waals surface area contributed by atoms with Gasteiger partial charge in [0.2, 0.25) is 0 Å². The first-order valence-electron chi connectivity index (χ1n) is 8.83. The van der Waals surface area contributed by atoms with E-state index in [4.69, 9.17) is 0 Å². The molecule has 0 saturated carbocycles. The van der Waals surface area contributed by atoms with Gasteiger partial charge in [-0.1, -0.05) is 30.3 Å². The first-order chi connectivity index (χ1) is 14.4. The van der Waals surface area contributed by atoms with Crippen molar-refractivity contribution >= 4 is 17.4 Å². The normalized spacial score (nSPS) is 11.6. The van der Waals surface area contributed by atoms with Crippen molar-refractivity contribution in [3.63, 3.8) is 0 Å². The number of nitrogens with zero attached hydrogens (tertiary/aromatic N) is 2. The summed E-state index contributed by atoms with van der Waals surface area (Å²) in [4.78, 5) is 16.1. The van der Waals surface area contributed by atoms with Crippen LogP contribution in [0.1, 0.15) is 11.1 Å². The van der Waals surface area contributed by atoms with Crippen LogP contribution in [0.15, 0.2) is 84.2 Å². The smallest absolute Gasteiger partial charge is 0.406 e. The van der Waals surface area contributed by atoms with Gasteiger partial charge >= 0.3 is 12.4 Å². The topological polar surface area (TPSA) is 75.6 Å². The molecule has 1 aromatic heterocycles. The predicted molar refractivity (Wildman–Crippen MR) is 106 cm³/mol. The Morgan fingerprint density at radius 3 is 2.27 bits per heavy atom. The van der Waals surface area contributed by atoms with E-state index in [1.165, 1.54) is 12.1 Å². The van der Waals surface area contributed by atoms with E-state index in [-0.39, 0.29) is 11.4 Å². The summed E-state index contributed by atoms with van der Waals surface area (Å²) < 4.78 is 40.4. The lowest BCUT2D eigenvalue weighted by molar-refractivity contribution is -0.274. The Hall–Kier alpha value is -3.88. The van der Waals surface area contributed by atoms with Crippen LogP contribution in [0.4, 0.5) is 23.7 Å². The zero-order chi connectivity index (χ0) is 21.4. The molecule has 30 heavy (non-hydrogen) atoms. The summed E-state index contributed by atoms with van der Waals surface area (Å²) in [7, 11) is 0. The number of anilines is 1. The molecule has 2 amide bonds. The molecule has 9 heteroatoms. The number of carbonyl (C=O) groups is 1. The van der Waals surface area contributed by atoms with E-state index < -0.39 is 12.4 Å². The molecule has 0 aliphatic rings. The summed E-state index contributed by atoms with van der Waals surface area (Å²) in [5, 5.41) is 6.71. The van der Waals surface area contributed by atoms with Crippen LogP contribution < -0.4 is 15.5 Å². The van der Waals surface area contributed by atoms with Crippen LogP contribution in [-0.2, 0) is 6.42 Å². The number of hydrazone groups is 1. The SMILES string of the molecule is O=C(NN=C(Cc1ccncc1)c1ccccc1)Nc1ccc(OC(F)(F)F)cc1. The number of rotatable bonds is 6. The first kappa shape index (κ1) is 20.8. The third-order valence-electron chi connectivity index (χ3n) is 3.87. The van der Waals surface area contributed by atoms with Crippen molar-refractivity contribution in [1.29, 1.82) is 0 Å². The number of pyridine rings is 1. The van der Waals surface area contributed by atoms with Crippen molar-refractivity contribution < 1.29 is 22.7 Å². The Kier molecular flexibility index (Phi) is 6.63. The molecule has 2 aromatic carbocycles. The Balaban J connectivity index is 1.67. The van der Waals surface area contributed by atoms with Gasteiger partial charge in [0.15, 0.2) is 0 Å². The van der Waals surface area contributed by atoms with Gasteiger partial charge in [-0.05, 0) is 47.5 Å². The predicted octanol–water partition coefficient (Wildman–Crippen LogP) is 4.75. The number of carbonyl (C=O) groups excluding carboxylic acids is 1. The van der Waals surface area contributed by atoms with Crippen molar-refractivity contribution in [2.24, 2.45) is 5.10 Å². The number of alkyl halides is 3. The van der Waals surface area contributed by atoms with Crippen molar-refractivity contribution in [2.45, 2.75) is 12.8 Å². The second-order valence-corrected chi connectivity index (χ2v) is 6.09. The summed E-state index contributed by atoms with van der Waals surface area (Å²) in [5.41, 5.74) is 5.13. The third-order valence-corrected chi connectivity index (χ3v) is 3.87. The van der Waals surface area contributed by atoms with E-state index in [0.717, 1.165) is 23.3 Å². The minimum absolute atomic E-state index is 0.285. The van der Waals surface area contributed by atoms with Gasteiger partial charge in [-0.3, -0.25) is 4.98 Å². The average Bonchev–Trinajstić information content (AvgIpc) is 2.73. The molecule has 3 rings (SSSR count). The van der Waals surface area contributed by atoms with Crippen LogP contribution in [0.3, 0.4) is 0 Å². The second kappa shape index (κ2) is 9.55. The van der Waals surface area contributed by atoms with Crippen LogP contribution in [0.25, 0.3) is 0 Å². The Bertz CT molecular complexity index is 992. The molecule has 0 unspecified atom stereocenters. The number of benzene rings is 2. The molecule has 6 nitrogen and oxygen atoms in total. The second-order valence-electron chi connectivity index (χ2n) is 6.09. The third kappa shape index (κ3) is 6.62. The molecule has 0 aliphatic carbocycles. The van der Waals surface area contributed by atoms with Gasteiger partial charge in [0.25, 0.3) is 0 Å². The molecule has 0 fully saturated rings. The standard InChI is InChI=1S/C21H17F3N4O2/c22-21(23,24)30-18-8-6-17(7-9-18)26-20(29)28-27-19(16-4-2-1-3-5-16)14-15-10-12-25-13-11-15/h1-13H,14H2,(H2,26,28,29). The lowest BCUT2D eigenvalue weighted by Gasteiger charge is -2.10. The van der Waals surface area contributed by atoms with E-state index >= 15 is 0 Å². The fourth-order valence-electron chi connectivity index (χ4n) is 2.55. The molecular formula is C21H17F3N4O2. The van der Waals surface area contributed by atoms with Crippen LogP contribution in [-0.4, -0.2) is 23.1 Å². The number of halogens is 3. The number of aromatic nitrogens is 1. The van der Waals surface area contributed by atoms with Crippen molar-refractivity contribution in [3.05, 3.63) is 90.3 Å². The van der Waals surface area contributed by atoms with Crippen molar-refractivity contribution in [1.82, 2.24) is 10.4 Å². The molecule has 0 radical (unpaired) electrons. The van der Waals surface area contributed by atoms with Gasteiger partial charge in [0, 0.05) is 24.5 Å². The maximum atomic E-state index is 12.2. The number of hydrogen-bond acceptors (Lipinski definition) is 4. The van der Waals surface area contributed by atoms with Gasteiger partial charge < -0.3 is 10.1 Å². The van der Waals surface area contributed by atoms with E-state index in [1.807, 2.05) is 42.5 Å². The highest BCUT2D eigenvalue weighted by atomic mass is 19.4. The number of urea groups is 1. The fraction of sp³-hybridized carbons (Fsp3) is 0.0952. The molecule has 0 aliphatic heterocycles. The van der Waals surface area contributed by atoms with Crippen molar-refractivity contribution in [3.8, 4) is 5.75 Å². The zero-order valence-electron chi connectivity index (χ0n) is 15.6. The zero-order valence-corrected chi connectivity index (χ0v) is 15.6. The minimum atomic E-state index is -4.77. The summed E-state index contributed by atoms with van der Waals surface area (Å²) >= 11 is 0. The van der Waals surface area contributed by atoms with Crippen LogP contribution in [0.2, 0.25) is 0 Å². The quantitative estimate of drug-likeness (QED) is 0.452. The highest BCUT2D eigenvalue weighted by Crippen LogP contribution is 2.23. The van der Waals surface area contributed by atoms with Gasteiger partial charge in [0.05, 0.1) is 5.71 Å². The van der Waals surface area contributed by atoms with Gasteiger partial charge in [-0.2, -0.15) is 5.10 Å². The van der Waals surface area contributed by atoms with Crippen LogP contribution >= 0.6 is 0 Å². The van der Waals surface area contributed by atoms with Gasteiger partial charge in [-0.15, -0.1) is 13.2 Å². The number of ether oxygens (including phenoxy) is 1. The lowest BCUT2D eigenvalue weighted by atomic mass is 10.0. The van der Waals surface area contributed by atoms with Crippen molar-refractivity contribution in [2.75, 3.05) is 5.32 Å². The highest BCUT2D eigenvalue weighted by molar-refractivity contribution is 6.02. The molecule has 0 atom stereocenters. The lowest BCUT2D eigenvalue weighted by Crippen LogP contribution is -2.26. The molecule has 0 bridgehead atoms. The maximum absolute atomic E-state index is 12.2. The average molecular weight is 414 g/mol. The minimum Gasteiger partial charge on any atom is -0.406 e. The fourth-order valence-corrected chi connectivity index (χ4v) is 2.55. The Morgan fingerprint density at radius 2 is 1.63 bits per heavy atom. The molecular weight excluding hydrogens is 397 g/mol. The summed E-state index contributed by atoms with van der Waals surface area (Å²) in [6.45, 7) is 0. The van der Waals surface area contributed by atoms with E-state index in [1.54, 1.807) is 12.4 Å². The Morgan fingerprint density at radius 1 is 0.967 bits per heavy atom. The molecule has 154 valence electrons. The molecule has 3 aromatic rings. The molecule has 1 heterocycles. The van der Waals surface area contributed by atoms with Crippen LogP contribution in [0.5, 0.6) is 5.75 Å². The number of hydrogen-bond donors (Lipinski definition) is 2. The Labute approximate surface area is 170 Å². The largest absolute Gasteiger partial charge is 0.573 e.